The molecule has 7 nitrogen and oxygen atoms in total. The van der Waals surface area contributed by atoms with Crippen molar-refractivity contribution in [2.24, 2.45) is 11.8 Å². The minimum absolute atomic E-state index is 0.00258. The van der Waals surface area contributed by atoms with Crippen LogP contribution in [0.3, 0.4) is 0 Å². The third-order valence-electron chi connectivity index (χ3n) is 7.73. The number of cyclic esters (lactones) is 1. The number of thioether (sulfide) groups is 1. The molecule has 4 heterocycles. The number of carbonyl (C=O) groups is 3. The fraction of sp³-hybridized carbons (Fsp3) is 0.731. The van der Waals surface area contributed by atoms with E-state index in [2.05, 4.69) is 13.0 Å². The van der Waals surface area contributed by atoms with E-state index in [1.54, 1.807) is 16.7 Å². The quantitative estimate of drug-likeness (QED) is 0.288. The average molecular weight is 491 g/mol. The Hall–Kier alpha value is -1.80. The average Bonchev–Trinajstić information content (AvgIpc) is 3.06. The number of hydrogen-bond donors (Lipinski definition) is 1. The first-order valence-electron chi connectivity index (χ1n) is 12.8. The first kappa shape index (κ1) is 25.3. The van der Waals surface area contributed by atoms with Crippen molar-refractivity contribution in [3.8, 4) is 0 Å². The van der Waals surface area contributed by atoms with Gasteiger partial charge in [-0.25, -0.2) is 0 Å². The van der Waals surface area contributed by atoms with Gasteiger partial charge in [0.15, 0.2) is 0 Å². The molecule has 5 atom stereocenters. The summed E-state index contributed by atoms with van der Waals surface area (Å²) in [5.41, 5.74) is 0. The molecule has 2 fully saturated rings. The van der Waals surface area contributed by atoms with Crippen LogP contribution >= 0.6 is 11.8 Å². The van der Waals surface area contributed by atoms with Crippen LogP contribution in [-0.4, -0.2) is 81.1 Å². The van der Waals surface area contributed by atoms with Crippen molar-refractivity contribution >= 4 is 29.5 Å². The highest BCUT2D eigenvalue weighted by atomic mass is 32.2. The van der Waals surface area contributed by atoms with E-state index in [1.807, 2.05) is 30.1 Å². The predicted octanol–water partition coefficient (Wildman–Crippen LogP) is 2.93. The number of unbranched alkanes of at least 4 members (excludes halogenated alkanes) is 5. The summed E-state index contributed by atoms with van der Waals surface area (Å²) in [5, 5.41) is 9.07. The molecule has 0 bridgehead atoms. The van der Waals surface area contributed by atoms with Gasteiger partial charge in [-0.05, 0) is 32.3 Å². The Bertz CT molecular complexity index is 860. The number of esters is 1. The third-order valence-corrected chi connectivity index (χ3v) is 9.53. The Labute approximate surface area is 206 Å². The fourth-order valence-corrected chi connectivity index (χ4v) is 8.30. The summed E-state index contributed by atoms with van der Waals surface area (Å²) in [4.78, 5) is 44.8. The zero-order valence-electron chi connectivity index (χ0n) is 20.4. The van der Waals surface area contributed by atoms with Gasteiger partial charge in [0.1, 0.15) is 12.6 Å². The summed E-state index contributed by atoms with van der Waals surface area (Å²) in [5.74, 6) is -1.68. The lowest BCUT2D eigenvalue weighted by Gasteiger charge is -2.36. The van der Waals surface area contributed by atoms with Crippen LogP contribution in [0.1, 0.15) is 58.8 Å². The van der Waals surface area contributed by atoms with Crippen molar-refractivity contribution in [1.82, 2.24) is 9.80 Å². The first-order chi connectivity index (χ1) is 16.4. The van der Waals surface area contributed by atoms with Gasteiger partial charge in [0, 0.05) is 31.0 Å². The molecule has 0 aliphatic carbocycles. The Morgan fingerprint density at radius 1 is 1.00 bits per heavy atom. The molecule has 2 amide bonds. The molecule has 4 aliphatic heterocycles. The normalized spacial score (nSPS) is 34.6. The van der Waals surface area contributed by atoms with E-state index in [4.69, 9.17) is 9.84 Å². The predicted molar refractivity (Wildman–Crippen MR) is 132 cm³/mol. The number of amides is 2. The number of likely N-dealkylation sites (tertiary alicyclic amines) is 1. The Balaban J connectivity index is 1.69. The molecule has 0 aromatic heterocycles. The molecule has 8 heteroatoms. The maximum absolute atomic E-state index is 14.0. The topological polar surface area (TPSA) is 87.2 Å². The standard InChI is InChI=1S/C26H38N2O5S/c1-3-4-7-14-27-15-10-13-26-19(20-24(32)33-18-11-12-25(20,2)34-26)22(30)28(21(26)23(27)31)16-8-5-6-9-17-29/h10-13,19-21,29H,3-9,14-18H2,1-2H3/t19-,20+,21?,25-,26-/m0/s1. The van der Waals surface area contributed by atoms with Crippen LogP contribution in [0, 0.1) is 11.8 Å². The van der Waals surface area contributed by atoms with Gasteiger partial charge in [0.05, 0.1) is 16.6 Å². The zero-order chi connectivity index (χ0) is 24.3. The smallest absolute Gasteiger partial charge is 0.311 e. The second kappa shape index (κ2) is 10.4. The van der Waals surface area contributed by atoms with Crippen molar-refractivity contribution in [1.29, 1.82) is 0 Å². The zero-order valence-corrected chi connectivity index (χ0v) is 21.2. The number of ether oxygens (including phenoxy) is 1. The molecule has 0 aromatic carbocycles. The summed E-state index contributed by atoms with van der Waals surface area (Å²) in [6, 6.07) is -0.613. The number of rotatable bonds is 10. The molecule has 1 spiro atoms. The maximum Gasteiger partial charge on any atom is 0.311 e. The van der Waals surface area contributed by atoms with Crippen molar-refractivity contribution in [3.05, 3.63) is 24.3 Å². The number of nitrogens with zero attached hydrogens (tertiary/aromatic N) is 2. The molecule has 1 unspecified atom stereocenters. The van der Waals surface area contributed by atoms with Gasteiger partial charge < -0.3 is 19.6 Å². The molecule has 1 N–H and O–H groups in total. The number of aliphatic hydroxyl groups excluding tert-OH is 1. The molecule has 34 heavy (non-hydrogen) atoms. The summed E-state index contributed by atoms with van der Waals surface area (Å²) >= 11 is 1.60. The molecule has 0 radical (unpaired) electrons. The monoisotopic (exact) mass is 490 g/mol. The van der Waals surface area contributed by atoms with Gasteiger partial charge in [-0.3, -0.25) is 14.4 Å². The van der Waals surface area contributed by atoms with Crippen LogP contribution in [0.2, 0.25) is 0 Å². The maximum atomic E-state index is 14.0. The van der Waals surface area contributed by atoms with E-state index in [0.717, 1.165) is 44.9 Å². The van der Waals surface area contributed by atoms with E-state index in [1.165, 1.54) is 0 Å². The number of hydrogen-bond acceptors (Lipinski definition) is 6. The highest BCUT2D eigenvalue weighted by molar-refractivity contribution is 8.02. The number of aliphatic hydroxyl groups is 1. The van der Waals surface area contributed by atoms with Crippen LogP contribution in [0.4, 0.5) is 0 Å². The SMILES string of the molecule is CCCCCN1CC=C[C@]23S[C@@]4(C)C=CCOC(=O)[C@H]4[C@H]2C(=O)N(CCCCCCO)C3C1=O. The Morgan fingerprint density at radius 2 is 1.76 bits per heavy atom. The van der Waals surface area contributed by atoms with Crippen LogP contribution in [-0.2, 0) is 19.1 Å². The Kier molecular flexibility index (Phi) is 7.77. The summed E-state index contributed by atoms with van der Waals surface area (Å²) in [7, 11) is 0. The summed E-state index contributed by atoms with van der Waals surface area (Å²) in [6.07, 6.45) is 14.3. The largest absolute Gasteiger partial charge is 0.461 e. The van der Waals surface area contributed by atoms with Gasteiger partial charge in [-0.1, -0.05) is 50.8 Å². The van der Waals surface area contributed by atoms with Crippen LogP contribution in [0.15, 0.2) is 24.3 Å². The highest BCUT2D eigenvalue weighted by Gasteiger charge is 2.73. The number of carbonyl (C=O) groups excluding carboxylic acids is 3. The van der Waals surface area contributed by atoms with E-state index >= 15 is 0 Å². The van der Waals surface area contributed by atoms with Crippen LogP contribution < -0.4 is 0 Å². The van der Waals surface area contributed by atoms with Crippen molar-refractivity contribution < 1.29 is 24.2 Å². The first-order valence-corrected chi connectivity index (χ1v) is 13.6. The van der Waals surface area contributed by atoms with Crippen molar-refractivity contribution in [3.63, 3.8) is 0 Å². The van der Waals surface area contributed by atoms with Gasteiger partial charge in [0.2, 0.25) is 11.8 Å². The number of fused-ring (bicyclic) bond motifs is 2. The second-order valence-corrected chi connectivity index (χ2v) is 11.9. The highest BCUT2D eigenvalue weighted by Crippen LogP contribution is 2.65. The molecular weight excluding hydrogens is 452 g/mol. The molecule has 0 saturated carbocycles. The lowest BCUT2D eigenvalue weighted by molar-refractivity contribution is -0.152. The van der Waals surface area contributed by atoms with Gasteiger partial charge in [-0.15, -0.1) is 11.8 Å². The fourth-order valence-electron chi connectivity index (χ4n) is 6.14. The van der Waals surface area contributed by atoms with Crippen LogP contribution in [0.25, 0.3) is 0 Å². The van der Waals surface area contributed by atoms with E-state index in [0.29, 0.717) is 19.6 Å². The summed E-state index contributed by atoms with van der Waals surface area (Å²) in [6.45, 7) is 6.24. The molecule has 0 aromatic rings. The van der Waals surface area contributed by atoms with Crippen molar-refractivity contribution in [2.45, 2.75) is 74.3 Å². The van der Waals surface area contributed by atoms with E-state index in [9.17, 15) is 14.4 Å². The molecule has 188 valence electrons. The van der Waals surface area contributed by atoms with E-state index in [-0.39, 0.29) is 31.0 Å². The minimum atomic E-state index is -0.779. The Morgan fingerprint density at radius 3 is 2.53 bits per heavy atom. The minimum Gasteiger partial charge on any atom is -0.461 e. The summed E-state index contributed by atoms with van der Waals surface area (Å²) < 4.78 is 4.09. The van der Waals surface area contributed by atoms with Crippen molar-refractivity contribution in [2.75, 3.05) is 32.8 Å². The molecule has 4 rings (SSSR count). The van der Waals surface area contributed by atoms with Gasteiger partial charge in [0.25, 0.3) is 0 Å². The molecule has 2 saturated heterocycles. The lowest BCUT2D eigenvalue weighted by atomic mass is 9.75. The third kappa shape index (κ3) is 4.32. The molecule has 4 aliphatic rings. The lowest BCUT2D eigenvalue weighted by Crippen LogP contribution is -2.53. The van der Waals surface area contributed by atoms with E-state index < -0.39 is 27.4 Å². The van der Waals surface area contributed by atoms with Gasteiger partial charge >= 0.3 is 5.97 Å². The molecular formula is C26H38N2O5S. The second-order valence-electron chi connectivity index (χ2n) is 10.1. The van der Waals surface area contributed by atoms with Gasteiger partial charge in [-0.2, -0.15) is 0 Å². The van der Waals surface area contributed by atoms with Crippen LogP contribution in [0.5, 0.6) is 0 Å².